The Bertz CT molecular complexity index is 959. The minimum absolute atomic E-state index is 0.0291. The topological polar surface area (TPSA) is 160 Å². The molecule has 0 aliphatic carbocycles. The number of amides is 2. The molecule has 12 heteroatoms. The summed E-state index contributed by atoms with van der Waals surface area (Å²) in [6.07, 6.45) is -0.895. The van der Waals surface area contributed by atoms with Crippen LogP contribution in [0.1, 0.15) is 49.2 Å². The molecule has 1 aromatic carbocycles. The molecule has 0 aromatic heterocycles. The highest BCUT2D eigenvalue weighted by Gasteiger charge is 2.30. The fourth-order valence-electron chi connectivity index (χ4n) is 3.05. The van der Waals surface area contributed by atoms with Crippen LogP contribution >= 0.6 is 11.8 Å². The van der Waals surface area contributed by atoms with Crippen LogP contribution in [0.3, 0.4) is 0 Å². The van der Waals surface area contributed by atoms with Gasteiger partial charge in [0.2, 0.25) is 5.91 Å². The first kappa shape index (κ1) is 27.1. The zero-order chi connectivity index (χ0) is 25.6. The number of cyclic esters (lactones) is 1. The number of carbonyl (C=O) groups is 4. The lowest BCUT2D eigenvalue weighted by Crippen LogP contribution is -2.54. The Balaban J connectivity index is 2.38. The van der Waals surface area contributed by atoms with Crippen molar-refractivity contribution < 1.29 is 43.6 Å². The Morgan fingerprint density at radius 2 is 1.94 bits per heavy atom. The van der Waals surface area contributed by atoms with Crippen molar-refractivity contribution >= 4 is 35.7 Å². The predicted molar refractivity (Wildman–Crippen MR) is 123 cm³/mol. The Labute approximate surface area is 201 Å². The lowest BCUT2D eigenvalue weighted by Gasteiger charge is -2.26. The molecular formula is C22H30N2O9S. The summed E-state index contributed by atoms with van der Waals surface area (Å²) in [5.41, 5.74) is -0.408. The molecule has 0 radical (unpaired) electrons. The summed E-state index contributed by atoms with van der Waals surface area (Å²) >= 11 is 1.26. The van der Waals surface area contributed by atoms with Crippen molar-refractivity contribution in [1.82, 2.24) is 10.6 Å². The van der Waals surface area contributed by atoms with Crippen LogP contribution in [-0.4, -0.2) is 70.8 Å². The normalized spacial score (nSPS) is 19.4. The fraction of sp³-hybridized carbons (Fsp3) is 0.545. The molecule has 1 aliphatic rings. The van der Waals surface area contributed by atoms with E-state index in [0.717, 1.165) is 6.07 Å². The quantitative estimate of drug-likeness (QED) is 0.357. The maximum atomic E-state index is 12.9. The Hall–Kier alpha value is -3.15. The summed E-state index contributed by atoms with van der Waals surface area (Å²) < 4.78 is 15.5. The third kappa shape index (κ3) is 7.72. The van der Waals surface area contributed by atoms with Gasteiger partial charge in [-0.3, -0.25) is 9.59 Å². The molecule has 11 nitrogen and oxygen atoms in total. The summed E-state index contributed by atoms with van der Waals surface area (Å²) in [7, 11) is 0. The molecule has 1 aliphatic heterocycles. The third-order valence-corrected chi connectivity index (χ3v) is 5.77. The van der Waals surface area contributed by atoms with Gasteiger partial charge >= 0.3 is 18.0 Å². The minimum Gasteiger partial charge on any atom is -0.508 e. The van der Waals surface area contributed by atoms with Crippen LogP contribution in [0.2, 0.25) is 0 Å². The molecule has 34 heavy (non-hydrogen) atoms. The summed E-state index contributed by atoms with van der Waals surface area (Å²) in [6, 6.07) is -0.820. The molecule has 0 saturated carbocycles. The van der Waals surface area contributed by atoms with Gasteiger partial charge in [0, 0.05) is 35.6 Å². The minimum atomic E-state index is -1.32. The van der Waals surface area contributed by atoms with Gasteiger partial charge in [0.25, 0.3) is 0 Å². The van der Waals surface area contributed by atoms with Crippen LogP contribution in [0, 0.1) is 6.92 Å². The number of aromatic hydroxyl groups is 2. The number of phenols is 2. The summed E-state index contributed by atoms with van der Waals surface area (Å²) in [5.74, 6) is -2.25. The third-order valence-electron chi connectivity index (χ3n) is 4.64. The first-order valence-corrected chi connectivity index (χ1v) is 11.7. The molecule has 2 rings (SSSR count). The van der Waals surface area contributed by atoms with E-state index in [-0.39, 0.29) is 46.3 Å². The Kier molecular flexibility index (Phi) is 9.02. The average Bonchev–Trinajstić information content (AvgIpc) is 2.70. The number of rotatable bonds is 3. The second-order valence-electron chi connectivity index (χ2n) is 8.71. The van der Waals surface area contributed by atoms with Gasteiger partial charge < -0.3 is 35.1 Å². The van der Waals surface area contributed by atoms with E-state index in [1.54, 1.807) is 20.8 Å². The molecule has 1 heterocycles. The lowest BCUT2D eigenvalue weighted by atomic mass is 10.0. The molecule has 0 saturated heterocycles. The van der Waals surface area contributed by atoms with E-state index in [4.69, 9.17) is 14.2 Å². The van der Waals surface area contributed by atoms with Crippen LogP contribution in [0.5, 0.6) is 11.5 Å². The van der Waals surface area contributed by atoms with Crippen molar-refractivity contribution in [1.29, 1.82) is 0 Å². The van der Waals surface area contributed by atoms with Crippen LogP contribution in [0.15, 0.2) is 6.07 Å². The highest BCUT2D eigenvalue weighted by molar-refractivity contribution is 7.98. The van der Waals surface area contributed by atoms with Crippen molar-refractivity contribution in [2.45, 2.75) is 58.1 Å². The van der Waals surface area contributed by atoms with Gasteiger partial charge in [-0.15, -0.1) is 0 Å². The van der Waals surface area contributed by atoms with E-state index in [9.17, 15) is 29.4 Å². The van der Waals surface area contributed by atoms with Gasteiger partial charge in [-0.1, -0.05) is 0 Å². The largest absolute Gasteiger partial charge is 0.508 e. The van der Waals surface area contributed by atoms with E-state index in [0.29, 0.717) is 0 Å². The summed E-state index contributed by atoms with van der Waals surface area (Å²) in [4.78, 5) is 49.3. The van der Waals surface area contributed by atoms with Crippen molar-refractivity contribution in [3.05, 3.63) is 22.8 Å². The SMILES string of the molecule is CC(=O)OC[C@@H]1CSCc2c(O)cc(O)c(C)c2C(=O)OC[C@H](NC(=O)OC(C)(C)C)C(=O)N1. The number of hydrogen-bond donors (Lipinski definition) is 4. The molecule has 0 unspecified atom stereocenters. The summed E-state index contributed by atoms with van der Waals surface area (Å²) in [6.45, 7) is 7.02. The molecule has 188 valence electrons. The second kappa shape index (κ2) is 11.3. The van der Waals surface area contributed by atoms with Crippen molar-refractivity contribution in [3.8, 4) is 11.5 Å². The number of thioether (sulfide) groups is 1. The van der Waals surface area contributed by atoms with E-state index in [1.807, 2.05) is 0 Å². The number of fused-ring (bicyclic) bond motifs is 1. The second-order valence-corrected chi connectivity index (χ2v) is 9.74. The van der Waals surface area contributed by atoms with Crippen molar-refractivity contribution in [3.63, 3.8) is 0 Å². The molecular weight excluding hydrogens is 468 g/mol. The monoisotopic (exact) mass is 498 g/mol. The first-order valence-electron chi connectivity index (χ1n) is 10.5. The van der Waals surface area contributed by atoms with Crippen LogP contribution < -0.4 is 10.6 Å². The van der Waals surface area contributed by atoms with Crippen LogP contribution in [-0.2, 0) is 29.6 Å². The molecule has 0 fully saturated rings. The zero-order valence-electron chi connectivity index (χ0n) is 19.7. The highest BCUT2D eigenvalue weighted by Crippen LogP contribution is 2.35. The van der Waals surface area contributed by atoms with Crippen molar-refractivity contribution in [2.24, 2.45) is 0 Å². The van der Waals surface area contributed by atoms with E-state index >= 15 is 0 Å². The summed E-state index contributed by atoms with van der Waals surface area (Å²) in [5, 5.41) is 25.5. The number of ether oxygens (including phenoxy) is 3. The molecule has 0 bridgehead atoms. The molecule has 0 spiro atoms. The predicted octanol–water partition coefficient (Wildman–Crippen LogP) is 1.75. The zero-order valence-corrected chi connectivity index (χ0v) is 20.5. The number of phenolic OH excluding ortho intramolecular Hbond substituents is 2. The molecule has 4 N–H and O–H groups in total. The molecule has 1 aromatic rings. The van der Waals surface area contributed by atoms with Gasteiger partial charge in [0.1, 0.15) is 36.4 Å². The smallest absolute Gasteiger partial charge is 0.408 e. The highest BCUT2D eigenvalue weighted by atomic mass is 32.2. The molecule has 2 amide bonds. The van der Waals surface area contributed by atoms with Gasteiger partial charge in [-0.05, 0) is 27.7 Å². The lowest BCUT2D eigenvalue weighted by molar-refractivity contribution is -0.142. The number of benzene rings is 1. The number of alkyl carbamates (subject to hydrolysis) is 1. The van der Waals surface area contributed by atoms with Gasteiger partial charge in [-0.25, -0.2) is 9.59 Å². The fourth-order valence-corrected chi connectivity index (χ4v) is 4.13. The standard InChI is InChI=1S/C22H30N2O9S/c1-11-16(26)6-17(27)14-10-34-9-13(7-31-12(2)25)23-19(28)15(8-32-20(29)18(11)14)24-21(30)33-22(3,4)5/h6,13,15,26-27H,7-10H2,1-5H3,(H,23,28)(H,24,30)/t13-,15+/m1/s1. The van der Waals surface area contributed by atoms with Gasteiger partial charge in [0.05, 0.1) is 11.6 Å². The van der Waals surface area contributed by atoms with E-state index < -0.39 is 48.2 Å². The Morgan fingerprint density at radius 3 is 2.56 bits per heavy atom. The Morgan fingerprint density at radius 1 is 1.26 bits per heavy atom. The van der Waals surface area contributed by atoms with Gasteiger partial charge in [-0.2, -0.15) is 11.8 Å². The maximum absolute atomic E-state index is 12.9. The number of carbonyl (C=O) groups excluding carboxylic acids is 4. The number of nitrogens with one attached hydrogen (secondary N) is 2. The molecule has 2 atom stereocenters. The maximum Gasteiger partial charge on any atom is 0.408 e. The first-order chi connectivity index (χ1) is 15.8. The van der Waals surface area contributed by atoms with Crippen molar-refractivity contribution in [2.75, 3.05) is 19.0 Å². The van der Waals surface area contributed by atoms with Crippen LogP contribution in [0.25, 0.3) is 0 Å². The van der Waals surface area contributed by atoms with Gasteiger partial charge in [0.15, 0.2) is 0 Å². The van der Waals surface area contributed by atoms with Crippen LogP contribution in [0.4, 0.5) is 4.79 Å². The van der Waals surface area contributed by atoms with E-state index in [2.05, 4.69) is 10.6 Å². The van der Waals surface area contributed by atoms with E-state index in [1.165, 1.54) is 25.6 Å². The number of hydrogen-bond acceptors (Lipinski definition) is 10. The number of esters is 2. The average molecular weight is 499 g/mol.